The molecule has 104 valence electrons. The number of methoxy groups -OCH3 is 1. The monoisotopic (exact) mass is 285 g/mol. The number of nitrogens with one attached hydrogen (secondary N) is 1. The Morgan fingerprint density at radius 2 is 2.05 bits per heavy atom. The van der Waals surface area contributed by atoms with E-state index in [1.54, 1.807) is 18.2 Å². The standard InChI is InChI=1S/C13H16FNO3S/c1-18-13(17)6-8-15-12(16)7-9-19-11-5-3-2-4-10(11)14/h2-5H,6-9H2,1H3,(H,15,16). The van der Waals surface area contributed by atoms with Gasteiger partial charge in [-0.1, -0.05) is 12.1 Å². The summed E-state index contributed by atoms with van der Waals surface area (Å²) in [6.45, 7) is 0.260. The Morgan fingerprint density at radius 1 is 1.32 bits per heavy atom. The highest BCUT2D eigenvalue weighted by atomic mass is 32.2. The number of ether oxygens (including phenoxy) is 1. The number of carbonyl (C=O) groups is 2. The summed E-state index contributed by atoms with van der Waals surface area (Å²) in [5.41, 5.74) is 0. The smallest absolute Gasteiger partial charge is 0.307 e. The van der Waals surface area contributed by atoms with Crippen LogP contribution in [0.25, 0.3) is 0 Å². The molecule has 0 saturated heterocycles. The number of carbonyl (C=O) groups excluding carboxylic acids is 2. The summed E-state index contributed by atoms with van der Waals surface area (Å²) < 4.78 is 17.7. The largest absolute Gasteiger partial charge is 0.469 e. The van der Waals surface area contributed by atoms with Crippen molar-refractivity contribution in [2.75, 3.05) is 19.4 Å². The third kappa shape index (κ3) is 6.24. The molecule has 0 radical (unpaired) electrons. The summed E-state index contributed by atoms with van der Waals surface area (Å²) in [7, 11) is 1.30. The Hall–Kier alpha value is -1.56. The first-order chi connectivity index (χ1) is 9.13. The maximum atomic E-state index is 13.3. The lowest BCUT2D eigenvalue weighted by Gasteiger charge is -2.05. The molecule has 0 aliphatic heterocycles. The van der Waals surface area contributed by atoms with Crippen LogP contribution < -0.4 is 5.32 Å². The minimum atomic E-state index is -0.360. The van der Waals surface area contributed by atoms with Gasteiger partial charge in [-0.2, -0.15) is 0 Å². The zero-order chi connectivity index (χ0) is 14.1. The molecule has 0 spiro atoms. The fraction of sp³-hybridized carbons (Fsp3) is 0.385. The predicted octanol–water partition coefficient (Wildman–Crippen LogP) is 1.99. The summed E-state index contributed by atoms with van der Waals surface area (Å²) in [5, 5.41) is 2.60. The van der Waals surface area contributed by atoms with Crippen LogP contribution >= 0.6 is 11.8 Å². The molecule has 0 bridgehead atoms. The lowest BCUT2D eigenvalue weighted by atomic mass is 10.3. The van der Waals surface area contributed by atoms with Crippen LogP contribution in [-0.2, 0) is 14.3 Å². The van der Waals surface area contributed by atoms with Gasteiger partial charge in [-0.25, -0.2) is 4.39 Å². The molecule has 0 fully saturated rings. The number of benzene rings is 1. The highest BCUT2D eigenvalue weighted by molar-refractivity contribution is 7.99. The average molecular weight is 285 g/mol. The van der Waals surface area contributed by atoms with Gasteiger partial charge in [-0.15, -0.1) is 11.8 Å². The average Bonchev–Trinajstić information content (AvgIpc) is 2.40. The minimum absolute atomic E-state index is 0.155. The van der Waals surface area contributed by atoms with Crippen molar-refractivity contribution in [3.63, 3.8) is 0 Å². The van der Waals surface area contributed by atoms with Crippen LogP contribution in [0.3, 0.4) is 0 Å². The molecule has 4 nitrogen and oxygen atoms in total. The predicted molar refractivity (Wildman–Crippen MR) is 71.4 cm³/mol. The van der Waals surface area contributed by atoms with E-state index in [-0.39, 0.29) is 37.1 Å². The zero-order valence-corrected chi connectivity index (χ0v) is 11.5. The first-order valence-electron chi connectivity index (χ1n) is 5.84. The van der Waals surface area contributed by atoms with Gasteiger partial charge >= 0.3 is 5.97 Å². The van der Waals surface area contributed by atoms with E-state index in [1.165, 1.54) is 24.9 Å². The Balaban J connectivity index is 2.17. The summed E-state index contributed by atoms with van der Waals surface area (Å²) >= 11 is 1.29. The third-order valence-corrected chi connectivity index (χ3v) is 3.35. The second-order valence-electron chi connectivity index (χ2n) is 3.70. The molecule has 1 rings (SSSR count). The van der Waals surface area contributed by atoms with Crippen molar-refractivity contribution in [1.82, 2.24) is 5.32 Å². The lowest BCUT2D eigenvalue weighted by Crippen LogP contribution is -2.26. The number of amides is 1. The number of thioether (sulfide) groups is 1. The topological polar surface area (TPSA) is 55.4 Å². The molecule has 19 heavy (non-hydrogen) atoms. The molecule has 0 aliphatic rings. The fourth-order valence-corrected chi connectivity index (χ4v) is 2.20. The van der Waals surface area contributed by atoms with E-state index >= 15 is 0 Å². The van der Waals surface area contributed by atoms with Crippen molar-refractivity contribution < 1.29 is 18.7 Å². The highest BCUT2D eigenvalue weighted by Gasteiger charge is 2.06. The van der Waals surface area contributed by atoms with E-state index in [1.807, 2.05) is 0 Å². The zero-order valence-electron chi connectivity index (χ0n) is 10.6. The number of rotatable bonds is 7. The van der Waals surface area contributed by atoms with Crippen LogP contribution in [0.4, 0.5) is 4.39 Å². The summed E-state index contributed by atoms with van der Waals surface area (Å²) in [6, 6.07) is 6.44. The Bertz CT molecular complexity index is 440. The quantitative estimate of drug-likeness (QED) is 0.615. The van der Waals surface area contributed by atoms with Crippen molar-refractivity contribution in [1.29, 1.82) is 0 Å². The van der Waals surface area contributed by atoms with Gasteiger partial charge in [0.2, 0.25) is 5.91 Å². The van der Waals surface area contributed by atoms with Crippen molar-refractivity contribution in [2.45, 2.75) is 17.7 Å². The van der Waals surface area contributed by atoms with Crippen LogP contribution in [0.15, 0.2) is 29.2 Å². The van der Waals surface area contributed by atoms with Crippen LogP contribution in [0, 0.1) is 5.82 Å². The van der Waals surface area contributed by atoms with Gasteiger partial charge in [0.1, 0.15) is 5.82 Å². The van der Waals surface area contributed by atoms with E-state index in [2.05, 4.69) is 10.1 Å². The molecular formula is C13H16FNO3S. The van der Waals surface area contributed by atoms with Gasteiger partial charge in [-0.05, 0) is 12.1 Å². The maximum Gasteiger partial charge on any atom is 0.307 e. The van der Waals surface area contributed by atoms with Gasteiger partial charge in [0.25, 0.3) is 0 Å². The first kappa shape index (κ1) is 15.5. The van der Waals surface area contributed by atoms with E-state index in [0.29, 0.717) is 10.6 Å². The summed E-state index contributed by atoms with van der Waals surface area (Å²) in [4.78, 5) is 22.8. The van der Waals surface area contributed by atoms with Crippen molar-refractivity contribution in [3.05, 3.63) is 30.1 Å². The third-order valence-electron chi connectivity index (χ3n) is 2.30. The molecule has 0 saturated carbocycles. The van der Waals surface area contributed by atoms with Crippen LogP contribution in [0.5, 0.6) is 0 Å². The molecular weight excluding hydrogens is 269 g/mol. The van der Waals surface area contributed by atoms with Crippen LogP contribution in [-0.4, -0.2) is 31.3 Å². The van der Waals surface area contributed by atoms with Crippen molar-refractivity contribution in [3.8, 4) is 0 Å². The van der Waals surface area contributed by atoms with E-state index in [0.717, 1.165) is 0 Å². The number of halogens is 1. The minimum Gasteiger partial charge on any atom is -0.469 e. The number of hydrogen-bond donors (Lipinski definition) is 1. The van der Waals surface area contributed by atoms with Gasteiger partial charge in [-0.3, -0.25) is 9.59 Å². The maximum absolute atomic E-state index is 13.3. The van der Waals surface area contributed by atoms with E-state index in [4.69, 9.17) is 0 Å². The SMILES string of the molecule is COC(=O)CCNC(=O)CCSc1ccccc1F. The number of esters is 1. The molecule has 1 N–H and O–H groups in total. The molecule has 0 unspecified atom stereocenters. The summed E-state index contributed by atoms with van der Waals surface area (Å²) in [5.74, 6) is -0.308. The molecule has 1 amide bonds. The molecule has 0 aliphatic carbocycles. The molecule has 0 heterocycles. The van der Waals surface area contributed by atoms with Crippen LogP contribution in [0.2, 0.25) is 0 Å². The molecule has 1 aromatic carbocycles. The molecule has 6 heteroatoms. The van der Waals surface area contributed by atoms with Gasteiger partial charge in [0, 0.05) is 23.6 Å². The highest BCUT2D eigenvalue weighted by Crippen LogP contribution is 2.21. The second kappa shape index (κ2) is 8.53. The van der Waals surface area contributed by atoms with Crippen molar-refractivity contribution >= 4 is 23.6 Å². The van der Waals surface area contributed by atoms with Gasteiger partial charge < -0.3 is 10.1 Å². The van der Waals surface area contributed by atoms with Crippen LogP contribution in [0.1, 0.15) is 12.8 Å². The normalized spacial score (nSPS) is 10.0. The fourth-order valence-electron chi connectivity index (χ4n) is 1.31. The van der Waals surface area contributed by atoms with Gasteiger partial charge in [0.05, 0.1) is 13.5 Å². The first-order valence-corrected chi connectivity index (χ1v) is 6.83. The Kier molecular flexibility index (Phi) is 6.95. The summed E-state index contributed by atoms with van der Waals surface area (Å²) in [6.07, 6.45) is 0.433. The second-order valence-corrected chi connectivity index (χ2v) is 4.84. The molecule has 0 aromatic heterocycles. The van der Waals surface area contributed by atoms with Gasteiger partial charge in [0.15, 0.2) is 0 Å². The lowest BCUT2D eigenvalue weighted by molar-refractivity contribution is -0.140. The Morgan fingerprint density at radius 3 is 2.74 bits per heavy atom. The molecule has 1 aromatic rings. The van der Waals surface area contributed by atoms with E-state index in [9.17, 15) is 14.0 Å². The number of hydrogen-bond acceptors (Lipinski definition) is 4. The van der Waals surface area contributed by atoms with Crippen molar-refractivity contribution in [2.24, 2.45) is 0 Å². The van der Waals surface area contributed by atoms with E-state index < -0.39 is 0 Å². The Labute approximate surface area is 115 Å². The molecule has 0 atom stereocenters.